The third kappa shape index (κ3) is 6.32. The molecule has 0 bridgehead atoms. The highest BCUT2D eigenvalue weighted by Crippen LogP contribution is 2.34. The van der Waals surface area contributed by atoms with Crippen LogP contribution in [0.25, 0.3) is 0 Å². The van der Waals surface area contributed by atoms with E-state index >= 15 is 0 Å². The fourth-order valence-electron chi connectivity index (χ4n) is 2.25. The van der Waals surface area contributed by atoms with Crippen molar-refractivity contribution in [1.29, 1.82) is 0 Å². The van der Waals surface area contributed by atoms with Crippen LogP contribution in [0.3, 0.4) is 0 Å². The number of nitrogens with one attached hydrogen (secondary N) is 1. The number of halogens is 2. The minimum absolute atomic E-state index is 0. The van der Waals surface area contributed by atoms with Crippen LogP contribution >= 0.6 is 24.8 Å². The van der Waals surface area contributed by atoms with E-state index in [1.54, 1.807) is 6.33 Å². The van der Waals surface area contributed by atoms with Crippen molar-refractivity contribution in [2.45, 2.75) is 24.8 Å². The first kappa shape index (κ1) is 20.3. The summed E-state index contributed by atoms with van der Waals surface area (Å²) in [6.45, 7) is 2.55. The van der Waals surface area contributed by atoms with Gasteiger partial charge in [-0.05, 0) is 19.9 Å². The summed E-state index contributed by atoms with van der Waals surface area (Å²) in [6.07, 6.45) is 3.66. The molecule has 0 atom stereocenters. The van der Waals surface area contributed by atoms with Crippen LogP contribution in [-0.4, -0.2) is 59.3 Å². The summed E-state index contributed by atoms with van der Waals surface area (Å²) >= 11 is 0. The van der Waals surface area contributed by atoms with E-state index in [-0.39, 0.29) is 31.4 Å². The second-order valence-corrected chi connectivity index (χ2v) is 5.21. The van der Waals surface area contributed by atoms with E-state index in [2.05, 4.69) is 20.2 Å². The molecule has 0 radical (unpaired) electrons. The number of hydrogen-bond donors (Lipinski definition) is 3. The molecule has 8 heteroatoms. The smallest absolute Gasteiger partial charge is 0.129 e. The molecule has 0 aliphatic heterocycles. The zero-order valence-electron chi connectivity index (χ0n) is 12.2. The molecule has 0 amide bonds. The Kier molecular flexibility index (Phi) is 9.81. The fourth-order valence-corrected chi connectivity index (χ4v) is 2.25. The Morgan fingerprint density at radius 1 is 1.33 bits per heavy atom. The topological polar surface area (TPSA) is 87.3 Å². The maximum Gasteiger partial charge on any atom is 0.129 e. The van der Waals surface area contributed by atoms with Crippen LogP contribution < -0.4 is 11.1 Å². The number of hydrogen-bond acceptors (Lipinski definition) is 6. The van der Waals surface area contributed by atoms with E-state index in [9.17, 15) is 0 Å². The summed E-state index contributed by atoms with van der Waals surface area (Å²) in [6, 6.07) is 2.35. The number of aliphatic hydroxyl groups excluding tert-OH is 1. The predicted molar refractivity (Wildman–Crippen MR) is 89.6 cm³/mol. The van der Waals surface area contributed by atoms with Crippen LogP contribution in [0.15, 0.2) is 12.4 Å². The molecule has 0 aromatic carbocycles. The molecule has 1 saturated carbocycles. The number of aromatic nitrogens is 2. The average Bonchev–Trinajstić information content (AvgIpc) is 2.36. The van der Waals surface area contributed by atoms with E-state index in [0.29, 0.717) is 18.5 Å². The second-order valence-electron chi connectivity index (χ2n) is 5.21. The van der Waals surface area contributed by atoms with Crippen molar-refractivity contribution in [1.82, 2.24) is 14.9 Å². The second kappa shape index (κ2) is 10.1. The molecule has 1 aliphatic carbocycles. The number of nitrogens with two attached hydrogens (primary N) is 1. The van der Waals surface area contributed by atoms with Gasteiger partial charge in [-0.1, -0.05) is 0 Å². The molecular weight excluding hydrogens is 313 g/mol. The van der Waals surface area contributed by atoms with Gasteiger partial charge in [0.15, 0.2) is 0 Å². The summed E-state index contributed by atoms with van der Waals surface area (Å²) in [5, 5.41) is 12.1. The molecule has 1 aliphatic rings. The SMILES string of the molecule is CN(CCO)CCNc1cc(C2CC(N)C2)ncn1.Cl.Cl. The standard InChI is InChI=1S/C13H23N5O.2ClH/c1-18(4-5-19)3-2-15-13-8-12(16-9-17-13)10-6-11(14)7-10;;/h8-11,19H,2-7,14H2,1H3,(H,15,16,17);2*1H. The molecule has 1 aromatic rings. The molecule has 0 saturated heterocycles. The Labute approximate surface area is 138 Å². The fraction of sp³-hybridized carbons (Fsp3) is 0.692. The van der Waals surface area contributed by atoms with Gasteiger partial charge >= 0.3 is 0 Å². The molecule has 2 rings (SSSR count). The highest BCUT2D eigenvalue weighted by molar-refractivity contribution is 5.85. The molecule has 4 N–H and O–H groups in total. The van der Waals surface area contributed by atoms with Gasteiger partial charge in [0.25, 0.3) is 0 Å². The first-order valence-electron chi connectivity index (χ1n) is 6.80. The van der Waals surface area contributed by atoms with Crippen molar-refractivity contribution in [2.75, 3.05) is 38.6 Å². The van der Waals surface area contributed by atoms with Crippen molar-refractivity contribution in [3.8, 4) is 0 Å². The zero-order valence-corrected chi connectivity index (χ0v) is 13.9. The third-order valence-electron chi connectivity index (χ3n) is 3.56. The number of anilines is 1. The lowest BCUT2D eigenvalue weighted by atomic mass is 9.79. The Morgan fingerprint density at radius 3 is 2.67 bits per heavy atom. The van der Waals surface area contributed by atoms with Gasteiger partial charge in [-0.2, -0.15) is 0 Å². The molecule has 122 valence electrons. The van der Waals surface area contributed by atoms with Crippen LogP contribution in [0, 0.1) is 0 Å². The van der Waals surface area contributed by atoms with Crippen molar-refractivity contribution in [3.63, 3.8) is 0 Å². The molecule has 6 nitrogen and oxygen atoms in total. The Hall–Kier alpha value is -0.660. The number of nitrogens with zero attached hydrogens (tertiary/aromatic N) is 3. The summed E-state index contributed by atoms with van der Waals surface area (Å²) in [4.78, 5) is 10.6. The van der Waals surface area contributed by atoms with E-state index in [4.69, 9.17) is 10.8 Å². The van der Waals surface area contributed by atoms with Gasteiger partial charge in [-0.15, -0.1) is 24.8 Å². The predicted octanol–water partition coefficient (Wildman–Crippen LogP) is 0.861. The maximum absolute atomic E-state index is 8.81. The first-order valence-corrected chi connectivity index (χ1v) is 6.80. The molecular formula is C13H25Cl2N5O. The minimum atomic E-state index is 0. The minimum Gasteiger partial charge on any atom is -0.395 e. The quantitative estimate of drug-likeness (QED) is 0.684. The van der Waals surface area contributed by atoms with Gasteiger partial charge in [-0.25, -0.2) is 9.97 Å². The third-order valence-corrected chi connectivity index (χ3v) is 3.56. The molecule has 0 spiro atoms. The number of aliphatic hydroxyl groups is 1. The van der Waals surface area contributed by atoms with Crippen molar-refractivity contribution < 1.29 is 5.11 Å². The van der Waals surface area contributed by atoms with Crippen molar-refractivity contribution in [3.05, 3.63) is 18.1 Å². The number of likely N-dealkylation sites (N-methyl/N-ethyl adjacent to an activating group) is 1. The Bertz CT molecular complexity index is 404. The first-order chi connectivity index (χ1) is 9.19. The van der Waals surface area contributed by atoms with E-state index in [1.165, 1.54) is 0 Å². The molecule has 1 aromatic heterocycles. The van der Waals surface area contributed by atoms with Crippen LogP contribution in [0.5, 0.6) is 0 Å². The molecule has 0 unspecified atom stereocenters. The lowest BCUT2D eigenvalue weighted by molar-refractivity contribution is 0.225. The summed E-state index contributed by atoms with van der Waals surface area (Å²) in [5.41, 5.74) is 6.89. The van der Waals surface area contributed by atoms with Gasteiger partial charge in [0.2, 0.25) is 0 Å². The van der Waals surface area contributed by atoms with Gasteiger partial charge in [-0.3, -0.25) is 0 Å². The van der Waals surface area contributed by atoms with Crippen LogP contribution in [-0.2, 0) is 0 Å². The number of rotatable bonds is 7. The Balaban J connectivity index is 0.00000200. The summed E-state index contributed by atoms with van der Waals surface area (Å²) in [5.74, 6) is 1.36. The molecule has 1 fully saturated rings. The maximum atomic E-state index is 8.81. The van der Waals surface area contributed by atoms with Crippen molar-refractivity contribution >= 4 is 30.6 Å². The van der Waals surface area contributed by atoms with Crippen LogP contribution in [0.1, 0.15) is 24.5 Å². The highest BCUT2D eigenvalue weighted by Gasteiger charge is 2.28. The van der Waals surface area contributed by atoms with E-state index in [1.807, 2.05) is 13.1 Å². The van der Waals surface area contributed by atoms with Crippen molar-refractivity contribution in [2.24, 2.45) is 5.73 Å². The van der Waals surface area contributed by atoms with Gasteiger partial charge in [0, 0.05) is 43.4 Å². The summed E-state index contributed by atoms with van der Waals surface area (Å²) < 4.78 is 0. The van der Waals surface area contributed by atoms with Gasteiger partial charge in [0.1, 0.15) is 12.1 Å². The Morgan fingerprint density at radius 2 is 2.05 bits per heavy atom. The van der Waals surface area contributed by atoms with Gasteiger partial charge < -0.3 is 21.1 Å². The van der Waals surface area contributed by atoms with Crippen LogP contribution in [0.2, 0.25) is 0 Å². The summed E-state index contributed by atoms with van der Waals surface area (Å²) in [7, 11) is 1.99. The van der Waals surface area contributed by atoms with E-state index < -0.39 is 0 Å². The monoisotopic (exact) mass is 337 g/mol. The highest BCUT2D eigenvalue weighted by atomic mass is 35.5. The lowest BCUT2D eigenvalue weighted by Crippen LogP contribution is -2.35. The van der Waals surface area contributed by atoms with Gasteiger partial charge in [0.05, 0.1) is 6.61 Å². The molecule has 21 heavy (non-hydrogen) atoms. The molecule has 1 heterocycles. The van der Waals surface area contributed by atoms with E-state index in [0.717, 1.165) is 37.4 Å². The largest absolute Gasteiger partial charge is 0.395 e. The average molecular weight is 338 g/mol. The zero-order chi connectivity index (χ0) is 13.7. The normalized spacial score (nSPS) is 20.2. The van der Waals surface area contributed by atoms with Crippen LogP contribution in [0.4, 0.5) is 5.82 Å². The lowest BCUT2D eigenvalue weighted by Gasteiger charge is -2.31.